The molecule has 0 bridgehead atoms. The summed E-state index contributed by atoms with van der Waals surface area (Å²) in [4.78, 5) is 0. The average Bonchev–Trinajstić information content (AvgIpc) is 2.13. The Hall–Kier alpha value is 0.310. The zero-order valence-corrected chi connectivity index (χ0v) is 12.4. The second kappa shape index (κ2) is 6.30. The SMILES string of the molecule is CCSCCCC1(CNC(C)(C)C)CCC1. The smallest absolute Gasteiger partial charge is 0.00967 e. The molecule has 0 saturated heterocycles. The molecule has 0 spiro atoms. The van der Waals surface area contributed by atoms with E-state index in [1.54, 1.807) is 0 Å². The first-order valence-electron chi connectivity index (χ1n) is 6.80. The number of hydrogen-bond donors (Lipinski definition) is 1. The van der Waals surface area contributed by atoms with E-state index in [4.69, 9.17) is 0 Å². The molecule has 96 valence electrons. The summed E-state index contributed by atoms with van der Waals surface area (Å²) in [6.07, 6.45) is 7.19. The molecule has 0 unspecified atom stereocenters. The minimum Gasteiger partial charge on any atom is -0.312 e. The first kappa shape index (κ1) is 14.4. The fourth-order valence-electron chi connectivity index (χ4n) is 2.34. The van der Waals surface area contributed by atoms with Gasteiger partial charge in [-0.3, -0.25) is 0 Å². The topological polar surface area (TPSA) is 12.0 Å². The van der Waals surface area contributed by atoms with Gasteiger partial charge in [-0.25, -0.2) is 0 Å². The molecule has 0 aromatic heterocycles. The minimum absolute atomic E-state index is 0.279. The van der Waals surface area contributed by atoms with E-state index in [9.17, 15) is 0 Å². The summed E-state index contributed by atoms with van der Waals surface area (Å²) in [5.74, 6) is 2.63. The van der Waals surface area contributed by atoms with Crippen molar-refractivity contribution in [3.05, 3.63) is 0 Å². The number of thioether (sulfide) groups is 1. The van der Waals surface area contributed by atoms with Crippen molar-refractivity contribution in [3.63, 3.8) is 0 Å². The Morgan fingerprint density at radius 1 is 1.25 bits per heavy atom. The molecule has 0 amide bonds. The molecule has 1 rings (SSSR count). The molecule has 0 aromatic carbocycles. The Labute approximate surface area is 106 Å². The molecule has 0 aliphatic heterocycles. The zero-order chi connectivity index (χ0) is 12.1. The fraction of sp³-hybridized carbons (Fsp3) is 1.00. The van der Waals surface area contributed by atoms with Crippen LogP contribution in [0.2, 0.25) is 0 Å². The zero-order valence-electron chi connectivity index (χ0n) is 11.6. The van der Waals surface area contributed by atoms with Gasteiger partial charge in [-0.05, 0) is 63.4 Å². The standard InChI is InChI=1S/C14H29NS/c1-5-16-11-7-10-14(8-6-9-14)12-15-13(2,3)4/h15H,5-12H2,1-4H3. The molecule has 1 saturated carbocycles. The quantitative estimate of drug-likeness (QED) is 0.676. The van der Waals surface area contributed by atoms with E-state index >= 15 is 0 Å². The van der Waals surface area contributed by atoms with Crippen LogP contribution in [0, 0.1) is 5.41 Å². The number of nitrogens with one attached hydrogen (secondary N) is 1. The lowest BCUT2D eigenvalue weighted by atomic mass is 9.66. The highest BCUT2D eigenvalue weighted by molar-refractivity contribution is 7.99. The summed E-state index contributed by atoms with van der Waals surface area (Å²) in [6, 6.07) is 0. The van der Waals surface area contributed by atoms with Crippen molar-refractivity contribution in [2.45, 2.75) is 65.3 Å². The maximum Gasteiger partial charge on any atom is 0.00967 e. The largest absolute Gasteiger partial charge is 0.312 e. The van der Waals surface area contributed by atoms with E-state index in [1.165, 1.54) is 50.2 Å². The van der Waals surface area contributed by atoms with Gasteiger partial charge in [0.1, 0.15) is 0 Å². The predicted molar refractivity (Wildman–Crippen MR) is 76.3 cm³/mol. The highest BCUT2D eigenvalue weighted by Crippen LogP contribution is 2.44. The molecule has 1 N–H and O–H groups in total. The van der Waals surface area contributed by atoms with Crippen molar-refractivity contribution in [3.8, 4) is 0 Å². The Bertz CT molecular complexity index is 191. The fourth-order valence-corrected chi connectivity index (χ4v) is 2.98. The van der Waals surface area contributed by atoms with Crippen LogP contribution in [0.5, 0.6) is 0 Å². The van der Waals surface area contributed by atoms with Crippen molar-refractivity contribution in [2.24, 2.45) is 5.41 Å². The molecule has 16 heavy (non-hydrogen) atoms. The second-order valence-electron chi connectivity index (χ2n) is 6.26. The summed E-state index contributed by atoms with van der Waals surface area (Å²) >= 11 is 2.09. The third-order valence-corrected chi connectivity index (χ3v) is 4.59. The molecule has 2 heteroatoms. The Balaban J connectivity index is 2.22. The van der Waals surface area contributed by atoms with Gasteiger partial charge >= 0.3 is 0 Å². The van der Waals surface area contributed by atoms with Crippen molar-refractivity contribution >= 4 is 11.8 Å². The number of rotatable bonds is 7. The van der Waals surface area contributed by atoms with Gasteiger partial charge in [0.25, 0.3) is 0 Å². The average molecular weight is 243 g/mol. The third-order valence-electron chi connectivity index (χ3n) is 3.61. The van der Waals surface area contributed by atoms with Crippen LogP contribution in [0.1, 0.15) is 59.8 Å². The molecule has 1 aliphatic carbocycles. The number of hydrogen-bond acceptors (Lipinski definition) is 2. The molecular formula is C14H29NS. The first-order chi connectivity index (χ1) is 7.47. The molecule has 0 atom stereocenters. The molecule has 0 radical (unpaired) electrons. The van der Waals surface area contributed by atoms with Crippen LogP contribution in [-0.4, -0.2) is 23.6 Å². The van der Waals surface area contributed by atoms with Gasteiger partial charge in [-0.2, -0.15) is 11.8 Å². The van der Waals surface area contributed by atoms with Crippen molar-refractivity contribution in [2.75, 3.05) is 18.1 Å². The summed E-state index contributed by atoms with van der Waals surface area (Å²) < 4.78 is 0. The van der Waals surface area contributed by atoms with Gasteiger partial charge in [0, 0.05) is 12.1 Å². The van der Waals surface area contributed by atoms with Crippen LogP contribution >= 0.6 is 11.8 Å². The molecule has 0 heterocycles. The summed E-state index contributed by atoms with van der Waals surface area (Å²) in [5, 5.41) is 3.70. The predicted octanol–water partition coefficient (Wildman–Crippen LogP) is 4.08. The molecule has 1 nitrogen and oxygen atoms in total. The Morgan fingerprint density at radius 2 is 1.94 bits per heavy atom. The lowest BCUT2D eigenvalue weighted by Gasteiger charge is -2.44. The molecule has 1 aliphatic rings. The van der Waals surface area contributed by atoms with E-state index < -0.39 is 0 Å². The van der Waals surface area contributed by atoms with Crippen molar-refractivity contribution in [1.82, 2.24) is 5.32 Å². The van der Waals surface area contributed by atoms with Gasteiger partial charge in [0.05, 0.1) is 0 Å². The van der Waals surface area contributed by atoms with E-state index in [0.29, 0.717) is 5.41 Å². The first-order valence-corrected chi connectivity index (χ1v) is 7.96. The van der Waals surface area contributed by atoms with Crippen molar-refractivity contribution in [1.29, 1.82) is 0 Å². The van der Waals surface area contributed by atoms with Crippen molar-refractivity contribution < 1.29 is 0 Å². The van der Waals surface area contributed by atoms with Gasteiger partial charge < -0.3 is 5.32 Å². The maximum atomic E-state index is 3.70. The highest BCUT2D eigenvalue weighted by Gasteiger charge is 2.36. The van der Waals surface area contributed by atoms with E-state index in [1.807, 2.05) is 0 Å². The molecular weight excluding hydrogens is 214 g/mol. The van der Waals surface area contributed by atoms with Crippen LogP contribution in [-0.2, 0) is 0 Å². The summed E-state index contributed by atoms with van der Waals surface area (Å²) in [7, 11) is 0. The third kappa shape index (κ3) is 5.09. The van der Waals surface area contributed by atoms with E-state index in [2.05, 4.69) is 44.8 Å². The lowest BCUT2D eigenvalue weighted by molar-refractivity contribution is 0.105. The van der Waals surface area contributed by atoms with E-state index in [0.717, 1.165) is 0 Å². The van der Waals surface area contributed by atoms with Gasteiger partial charge in [-0.15, -0.1) is 0 Å². The van der Waals surface area contributed by atoms with Crippen LogP contribution in [0.4, 0.5) is 0 Å². The minimum atomic E-state index is 0.279. The van der Waals surface area contributed by atoms with Crippen LogP contribution < -0.4 is 5.32 Å². The monoisotopic (exact) mass is 243 g/mol. The van der Waals surface area contributed by atoms with Gasteiger partial charge in [0.2, 0.25) is 0 Å². The van der Waals surface area contributed by atoms with Gasteiger partial charge in [-0.1, -0.05) is 13.3 Å². The lowest BCUT2D eigenvalue weighted by Crippen LogP contribution is -2.46. The van der Waals surface area contributed by atoms with Crippen LogP contribution in [0.15, 0.2) is 0 Å². The molecule has 0 aromatic rings. The Morgan fingerprint density at radius 3 is 2.38 bits per heavy atom. The Kier molecular flexibility index (Phi) is 5.66. The summed E-state index contributed by atoms with van der Waals surface area (Å²) in [5.41, 5.74) is 0.933. The second-order valence-corrected chi connectivity index (χ2v) is 7.65. The van der Waals surface area contributed by atoms with Gasteiger partial charge in [0.15, 0.2) is 0 Å². The summed E-state index contributed by atoms with van der Waals surface area (Å²) in [6.45, 7) is 10.3. The maximum absolute atomic E-state index is 3.70. The molecule has 1 fully saturated rings. The van der Waals surface area contributed by atoms with Crippen LogP contribution in [0.25, 0.3) is 0 Å². The van der Waals surface area contributed by atoms with E-state index in [-0.39, 0.29) is 5.54 Å². The van der Waals surface area contributed by atoms with Crippen LogP contribution in [0.3, 0.4) is 0 Å². The highest BCUT2D eigenvalue weighted by atomic mass is 32.2. The normalized spacial score (nSPS) is 19.5.